The van der Waals surface area contributed by atoms with Gasteiger partial charge in [0, 0.05) is 24.2 Å². The lowest BCUT2D eigenvalue weighted by molar-refractivity contribution is -0.124. The number of amides is 3. The van der Waals surface area contributed by atoms with Crippen molar-refractivity contribution in [1.82, 2.24) is 5.32 Å². The highest BCUT2D eigenvalue weighted by molar-refractivity contribution is 8.01. The van der Waals surface area contributed by atoms with Crippen LogP contribution in [0.5, 0.6) is 17.2 Å². The highest BCUT2D eigenvalue weighted by Crippen LogP contribution is 2.47. The molecule has 0 spiro atoms. The van der Waals surface area contributed by atoms with Crippen molar-refractivity contribution in [2.75, 3.05) is 31.8 Å². The van der Waals surface area contributed by atoms with Crippen LogP contribution in [-0.2, 0) is 16.0 Å². The van der Waals surface area contributed by atoms with E-state index in [2.05, 4.69) is 11.9 Å². The van der Waals surface area contributed by atoms with Crippen molar-refractivity contribution in [2.24, 2.45) is 5.73 Å². The zero-order valence-electron chi connectivity index (χ0n) is 23.7. The van der Waals surface area contributed by atoms with Crippen LogP contribution in [0.1, 0.15) is 40.2 Å². The maximum atomic E-state index is 13.7. The van der Waals surface area contributed by atoms with E-state index in [1.807, 2.05) is 49.4 Å². The topological polar surface area (TPSA) is 120 Å². The average Bonchev–Trinajstić information content (AvgIpc) is 3.32. The van der Waals surface area contributed by atoms with Crippen molar-refractivity contribution in [3.63, 3.8) is 0 Å². The van der Waals surface area contributed by atoms with Gasteiger partial charge in [-0.3, -0.25) is 19.3 Å². The minimum Gasteiger partial charge on any atom is -0.493 e. The van der Waals surface area contributed by atoms with Crippen LogP contribution in [0.4, 0.5) is 5.69 Å². The number of carbonyl (C=O) groups is 3. The standard InChI is InChI=1S/C32H35N3O6S/c1-4-17-41-25-12-10-22(11-13-25)32-35(24-8-6-7-23(19-24)30(33)37)31(38)28(42-32)20-29(36)34-16-15-21-9-14-26(39-3)27(18-21)40-5-2/h4,6-14,18-19,28,32H,1,5,15-17,20H2,2-3H3,(H2,33,37)(H,34,36)/t28-,32+/m1/s1. The molecule has 3 aromatic carbocycles. The van der Waals surface area contributed by atoms with E-state index in [1.54, 1.807) is 42.4 Å². The summed E-state index contributed by atoms with van der Waals surface area (Å²) < 4.78 is 16.6. The minimum atomic E-state index is -0.616. The van der Waals surface area contributed by atoms with Crippen LogP contribution in [0.3, 0.4) is 0 Å². The minimum absolute atomic E-state index is 0.0132. The number of benzene rings is 3. The van der Waals surface area contributed by atoms with E-state index in [4.69, 9.17) is 19.9 Å². The fraction of sp³-hybridized carbons (Fsp3) is 0.281. The Hall–Kier alpha value is -4.44. The summed E-state index contributed by atoms with van der Waals surface area (Å²) in [5.41, 5.74) is 8.18. The van der Waals surface area contributed by atoms with Crippen LogP contribution in [0.25, 0.3) is 0 Å². The van der Waals surface area contributed by atoms with Crippen molar-refractivity contribution < 1.29 is 28.6 Å². The van der Waals surface area contributed by atoms with Crippen molar-refractivity contribution in [2.45, 2.75) is 30.4 Å². The summed E-state index contributed by atoms with van der Waals surface area (Å²) in [6.45, 7) is 6.87. The molecule has 1 aliphatic heterocycles. The Labute approximate surface area is 250 Å². The van der Waals surface area contributed by atoms with Crippen LogP contribution in [0.15, 0.2) is 79.4 Å². The molecule has 2 atom stereocenters. The Morgan fingerprint density at radius 1 is 1.07 bits per heavy atom. The van der Waals surface area contributed by atoms with E-state index in [0.717, 1.165) is 11.1 Å². The first-order valence-electron chi connectivity index (χ1n) is 13.6. The first-order valence-corrected chi connectivity index (χ1v) is 14.6. The second-order valence-corrected chi connectivity index (χ2v) is 10.8. The molecule has 0 saturated carbocycles. The van der Waals surface area contributed by atoms with E-state index in [-0.39, 0.29) is 18.2 Å². The second-order valence-electron chi connectivity index (χ2n) is 9.49. The maximum Gasteiger partial charge on any atom is 0.248 e. The maximum absolute atomic E-state index is 13.7. The van der Waals surface area contributed by atoms with Crippen molar-refractivity contribution >= 4 is 35.2 Å². The molecule has 1 heterocycles. The Kier molecular flexibility index (Phi) is 10.5. The van der Waals surface area contributed by atoms with Gasteiger partial charge in [-0.15, -0.1) is 11.8 Å². The Morgan fingerprint density at radius 2 is 1.86 bits per heavy atom. The van der Waals surface area contributed by atoms with E-state index < -0.39 is 16.5 Å². The molecule has 10 heteroatoms. The van der Waals surface area contributed by atoms with Gasteiger partial charge in [-0.2, -0.15) is 0 Å². The number of thioether (sulfide) groups is 1. The monoisotopic (exact) mass is 589 g/mol. The molecule has 220 valence electrons. The van der Waals surface area contributed by atoms with Crippen LogP contribution in [0, 0.1) is 0 Å². The highest BCUT2D eigenvalue weighted by atomic mass is 32.2. The first kappa shape index (κ1) is 30.5. The number of hydrogen-bond acceptors (Lipinski definition) is 7. The third-order valence-corrected chi connectivity index (χ3v) is 8.05. The van der Waals surface area contributed by atoms with E-state index in [0.29, 0.717) is 54.7 Å². The lowest BCUT2D eigenvalue weighted by Gasteiger charge is -2.24. The van der Waals surface area contributed by atoms with Gasteiger partial charge >= 0.3 is 0 Å². The molecule has 3 N–H and O–H groups in total. The average molecular weight is 590 g/mol. The zero-order chi connectivity index (χ0) is 30.1. The van der Waals surface area contributed by atoms with Gasteiger partial charge in [-0.05, 0) is 66.9 Å². The smallest absolute Gasteiger partial charge is 0.248 e. The highest BCUT2D eigenvalue weighted by Gasteiger charge is 2.43. The molecule has 0 unspecified atom stereocenters. The quantitative estimate of drug-likeness (QED) is 0.263. The van der Waals surface area contributed by atoms with Gasteiger partial charge in [0.1, 0.15) is 17.7 Å². The van der Waals surface area contributed by atoms with Crippen molar-refractivity contribution in [3.8, 4) is 17.2 Å². The van der Waals surface area contributed by atoms with Gasteiger partial charge in [-0.25, -0.2) is 0 Å². The number of anilines is 1. The molecular formula is C32H35N3O6S. The number of ether oxygens (including phenoxy) is 3. The number of primary amides is 1. The number of hydrogen-bond donors (Lipinski definition) is 2. The zero-order valence-corrected chi connectivity index (χ0v) is 24.5. The van der Waals surface area contributed by atoms with Crippen LogP contribution < -0.4 is 30.2 Å². The lowest BCUT2D eigenvalue weighted by atomic mass is 10.1. The van der Waals surface area contributed by atoms with E-state index in [9.17, 15) is 14.4 Å². The summed E-state index contributed by atoms with van der Waals surface area (Å²) in [5, 5.41) is 1.91. The second kappa shape index (κ2) is 14.5. The lowest BCUT2D eigenvalue weighted by Crippen LogP contribution is -2.34. The predicted molar refractivity (Wildman–Crippen MR) is 164 cm³/mol. The molecule has 3 amide bonds. The molecule has 0 aliphatic carbocycles. The van der Waals surface area contributed by atoms with Crippen molar-refractivity contribution in [1.29, 1.82) is 0 Å². The molecular weight excluding hydrogens is 554 g/mol. The van der Waals surface area contributed by atoms with Gasteiger partial charge in [0.15, 0.2) is 11.5 Å². The summed E-state index contributed by atoms with van der Waals surface area (Å²) >= 11 is 1.39. The number of carbonyl (C=O) groups excluding carboxylic acids is 3. The normalized spacial score (nSPS) is 16.1. The van der Waals surface area contributed by atoms with Gasteiger partial charge in [-0.1, -0.05) is 36.9 Å². The summed E-state index contributed by atoms with van der Waals surface area (Å²) in [4.78, 5) is 40.1. The Balaban J connectivity index is 1.47. The number of nitrogens with zero attached hydrogens (tertiary/aromatic N) is 1. The molecule has 1 fully saturated rings. The summed E-state index contributed by atoms with van der Waals surface area (Å²) in [7, 11) is 1.59. The predicted octanol–water partition coefficient (Wildman–Crippen LogP) is 4.65. The number of methoxy groups -OCH3 is 1. The van der Waals surface area contributed by atoms with Crippen LogP contribution in [-0.4, -0.2) is 49.8 Å². The van der Waals surface area contributed by atoms with Gasteiger partial charge in [0.25, 0.3) is 0 Å². The summed E-state index contributed by atoms with van der Waals surface area (Å²) in [6, 6.07) is 19.8. The van der Waals surface area contributed by atoms with Gasteiger partial charge < -0.3 is 25.3 Å². The molecule has 1 saturated heterocycles. The third kappa shape index (κ3) is 7.44. The molecule has 0 radical (unpaired) electrons. The van der Waals surface area contributed by atoms with Crippen LogP contribution in [0.2, 0.25) is 0 Å². The number of rotatable bonds is 14. The molecule has 9 nitrogen and oxygen atoms in total. The first-order chi connectivity index (χ1) is 20.3. The fourth-order valence-corrected chi connectivity index (χ4v) is 6.05. The largest absolute Gasteiger partial charge is 0.493 e. The Morgan fingerprint density at radius 3 is 2.55 bits per heavy atom. The summed E-state index contributed by atoms with van der Waals surface area (Å²) in [5.74, 6) is 0.961. The molecule has 4 rings (SSSR count). The fourth-order valence-electron chi connectivity index (χ4n) is 4.60. The van der Waals surface area contributed by atoms with E-state index in [1.165, 1.54) is 11.8 Å². The molecule has 3 aromatic rings. The van der Waals surface area contributed by atoms with E-state index >= 15 is 0 Å². The third-order valence-electron chi connectivity index (χ3n) is 6.62. The molecule has 1 aliphatic rings. The van der Waals surface area contributed by atoms with Gasteiger partial charge in [0.05, 0.1) is 19.0 Å². The molecule has 0 bridgehead atoms. The van der Waals surface area contributed by atoms with Gasteiger partial charge in [0.2, 0.25) is 17.7 Å². The molecule has 42 heavy (non-hydrogen) atoms. The van der Waals surface area contributed by atoms with Crippen molar-refractivity contribution in [3.05, 3.63) is 96.1 Å². The SMILES string of the molecule is C=CCOc1ccc([C@@H]2S[C@H](CC(=O)NCCc3ccc(OC)c(OCC)c3)C(=O)N2c2cccc(C(N)=O)c2)cc1. The number of nitrogens with one attached hydrogen (secondary N) is 1. The van der Waals surface area contributed by atoms with Crippen LogP contribution >= 0.6 is 11.8 Å². The summed E-state index contributed by atoms with van der Waals surface area (Å²) in [6.07, 6.45) is 2.27. The molecule has 0 aromatic heterocycles. The number of nitrogens with two attached hydrogens (primary N) is 1. The Bertz CT molecular complexity index is 1430.